The fraction of sp³-hybridized carbons (Fsp3) is 0.192. The van der Waals surface area contributed by atoms with E-state index in [0.717, 1.165) is 27.5 Å². The molecule has 0 unspecified atom stereocenters. The molecule has 0 radical (unpaired) electrons. The molecule has 0 saturated carbocycles. The molecule has 9 nitrogen and oxygen atoms in total. The number of nitrogens with one attached hydrogen (secondary N) is 1. The first-order chi connectivity index (χ1) is 16.8. The first kappa shape index (κ1) is 23.4. The highest BCUT2D eigenvalue weighted by atomic mass is 16.5. The Balaban J connectivity index is 1.54. The lowest BCUT2D eigenvalue weighted by Gasteiger charge is -2.11. The lowest BCUT2D eigenvalue weighted by molar-refractivity contribution is -0.123. The summed E-state index contributed by atoms with van der Waals surface area (Å²) in [4.78, 5) is 38.0. The van der Waals surface area contributed by atoms with E-state index in [2.05, 4.69) is 16.0 Å². The molecule has 3 aromatic rings. The van der Waals surface area contributed by atoms with Gasteiger partial charge in [-0.3, -0.25) is 9.69 Å². The predicted octanol–water partition coefficient (Wildman–Crippen LogP) is 3.58. The number of ether oxygens (including phenoxy) is 2. The van der Waals surface area contributed by atoms with Crippen molar-refractivity contribution in [2.75, 3.05) is 13.7 Å². The SMILES string of the molecule is C#CCOc1ccc(-n2c(C)cc(/C=C3\NC(=O)N(Cc4ccc(C(=O)OC)o4)C3=O)c2C)cc1. The van der Waals surface area contributed by atoms with Gasteiger partial charge in [-0.2, -0.15) is 0 Å². The predicted molar refractivity (Wildman–Crippen MR) is 127 cm³/mol. The quantitative estimate of drug-likeness (QED) is 0.244. The summed E-state index contributed by atoms with van der Waals surface area (Å²) in [5, 5.41) is 2.61. The molecule has 178 valence electrons. The van der Waals surface area contributed by atoms with Crippen molar-refractivity contribution in [2.45, 2.75) is 20.4 Å². The van der Waals surface area contributed by atoms with Gasteiger partial charge in [0, 0.05) is 17.1 Å². The summed E-state index contributed by atoms with van der Waals surface area (Å²) in [6.45, 7) is 3.96. The number of hydrogen-bond acceptors (Lipinski definition) is 6. The van der Waals surface area contributed by atoms with Crippen LogP contribution in [0, 0.1) is 26.2 Å². The van der Waals surface area contributed by atoms with Crippen LogP contribution < -0.4 is 10.1 Å². The summed E-state index contributed by atoms with van der Waals surface area (Å²) in [5.74, 6) is 2.24. The van der Waals surface area contributed by atoms with Crippen molar-refractivity contribution in [1.29, 1.82) is 0 Å². The number of terminal acetylenes is 1. The third kappa shape index (κ3) is 4.68. The largest absolute Gasteiger partial charge is 0.481 e. The van der Waals surface area contributed by atoms with Crippen molar-refractivity contribution in [1.82, 2.24) is 14.8 Å². The third-order valence-corrected chi connectivity index (χ3v) is 5.51. The summed E-state index contributed by atoms with van der Waals surface area (Å²) < 4.78 is 17.4. The molecule has 1 saturated heterocycles. The van der Waals surface area contributed by atoms with E-state index in [1.165, 1.54) is 19.2 Å². The summed E-state index contributed by atoms with van der Waals surface area (Å²) in [6, 6.07) is 11.8. The van der Waals surface area contributed by atoms with E-state index < -0.39 is 17.9 Å². The van der Waals surface area contributed by atoms with Crippen molar-refractivity contribution < 1.29 is 28.3 Å². The zero-order valence-corrected chi connectivity index (χ0v) is 19.5. The number of benzene rings is 1. The minimum Gasteiger partial charge on any atom is -0.481 e. The van der Waals surface area contributed by atoms with Gasteiger partial charge in [-0.1, -0.05) is 5.92 Å². The third-order valence-electron chi connectivity index (χ3n) is 5.51. The molecule has 3 amide bonds. The Morgan fingerprint density at radius 1 is 1.17 bits per heavy atom. The topological polar surface area (TPSA) is 103 Å². The first-order valence-corrected chi connectivity index (χ1v) is 10.7. The average molecular weight is 473 g/mol. The number of esters is 1. The minimum atomic E-state index is -0.640. The standard InChI is InChI=1S/C26H23N3O6/c1-5-12-34-20-8-6-19(7-9-20)29-16(2)13-18(17(29)3)14-22-24(30)28(26(32)27-22)15-21-10-11-23(35-21)25(31)33-4/h1,6-11,13-14H,12,15H2,2-4H3,(H,27,32)/b22-14-. The number of aromatic nitrogens is 1. The van der Waals surface area contributed by atoms with Crippen LogP contribution in [-0.2, 0) is 16.1 Å². The maximum absolute atomic E-state index is 12.9. The summed E-state index contributed by atoms with van der Waals surface area (Å²) in [7, 11) is 1.24. The van der Waals surface area contributed by atoms with Crippen molar-refractivity contribution in [3.8, 4) is 23.8 Å². The number of carbonyl (C=O) groups is 3. The number of amides is 3. The maximum atomic E-state index is 12.9. The fourth-order valence-corrected chi connectivity index (χ4v) is 3.85. The highest BCUT2D eigenvalue weighted by molar-refractivity contribution is 6.13. The molecule has 1 aliphatic rings. The van der Waals surface area contributed by atoms with Gasteiger partial charge in [0.1, 0.15) is 23.8 Å². The highest BCUT2D eigenvalue weighted by Crippen LogP contribution is 2.26. The van der Waals surface area contributed by atoms with Crippen molar-refractivity contribution in [2.24, 2.45) is 0 Å². The Morgan fingerprint density at radius 3 is 2.60 bits per heavy atom. The molecule has 1 aliphatic heterocycles. The number of hydrogen-bond donors (Lipinski definition) is 1. The number of carbonyl (C=O) groups excluding carboxylic acids is 3. The van der Waals surface area contributed by atoms with Gasteiger partial charge in [-0.15, -0.1) is 6.42 Å². The Kier molecular flexibility index (Phi) is 6.46. The molecule has 1 fully saturated rings. The van der Waals surface area contributed by atoms with Gasteiger partial charge in [0.15, 0.2) is 0 Å². The molecule has 4 rings (SSSR count). The normalized spacial score (nSPS) is 14.2. The van der Waals surface area contributed by atoms with E-state index in [1.54, 1.807) is 6.08 Å². The second-order valence-electron chi connectivity index (χ2n) is 7.79. The second-order valence-corrected chi connectivity index (χ2v) is 7.79. The van der Waals surface area contributed by atoms with Gasteiger partial charge >= 0.3 is 12.0 Å². The molecule has 3 heterocycles. The second kappa shape index (κ2) is 9.65. The van der Waals surface area contributed by atoms with Crippen LogP contribution in [-0.4, -0.2) is 41.1 Å². The fourth-order valence-electron chi connectivity index (χ4n) is 3.85. The van der Waals surface area contributed by atoms with E-state index in [1.807, 2.05) is 48.7 Å². The number of nitrogens with zero attached hydrogens (tertiary/aromatic N) is 2. The number of imide groups is 1. The van der Waals surface area contributed by atoms with Crippen LogP contribution in [0.3, 0.4) is 0 Å². The van der Waals surface area contributed by atoms with Crippen molar-refractivity contribution in [3.05, 3.63) is 76.6 Å². The van der Waals surface area contributed by atoms with Crippen LogP contribution in [0.25, 0.3) is 11.8 Å². The molecular weight excluding hydrogens is 450 g/mol. The molecule has 0 atom stereocenters. The van der Waals surface area contributed by atoms with Crippen LogP contribution in [0.15, 0.2) is 52.6 Å². The lowest BCUT2D eigenvalue weighted by Crippen LogP contribution is -2.30. The van der Waals surface area contributed by atoms with Gasteiger partial charge in [0.2, 0.25) is 5.76 Å². The van der Waals surface area contributed by atoms with E-state index in [9.17, 15) is 14.4 Å². The van der Waals surface area contributed by atoms with E-state index in [4.69, 9.17) is 15.6 Å². The monoisotopic (exact) mass is 473 g/mol. The summed E-state index contributed by atoms with van der Waals surface area (Å²) in [6.07, 6.45) is 6.87. The van der Waals surface area contributed by atoms with Crippen molar-refractivity contribution >= 4 is 24.0 Å². The molecular formula is C26H23N3O6. The smallest absolute Gasteiger partial charge is 0.373 e. The lowest BCUT2D eigenvalue weighted by atomic mass is 10.2. The van der Waals surface area contributed by atoms with Crippen molar-refractivity contribution in [3.63, 3.8) is 0 Å². The Bertz CT molecular complexity index is 1370. The van der Waals surface area contributed by atoms with Gasteiger partial charge in [-0.05, 0) is 68.0 Å². The Hall–Kier alpha value is -4.71. The van der Waals surface area contributed by atoms with Crippen LogP contribution >= 0.6 is 0 Å². The van der Waals surface area contributed by atoms with Crippen LogP contribution in [0.4, 0.5) is 4.79 Å². The number of aryl methyl sites for hydroxylation is 1. The Labute approximate surface area is 201 Å². The molecule has 9 heteroatoms. The van der Waals surface area contributed by atoms with Crippen LogP contribution in [0.2, 0.25) is 0 Å². The molecule has 0 bridgehead atoms. The zero-order valence-electron chi connectivity index (χ0n) is 19.5. The zero-order chi connectivity index (χ0) is 25.1. The summed E-state index contributed by atoms with van der Waals surface area (Å²) in [5.41, 5.74) is 3.69. The molecule has 1 N–H and O–H groups in total. The number of furan rings is 1. The van der Waals surface area contributed by atoms with Gasteiger partial charge in [0.05, 0.1) is 13.7 Å². The van der Waals surface area contributed by atoms with Crippen LogP contribution in [0.1, 0.15) is 33.3 Å². The summed E-state index contributed by atoms with van der Waals surface area (Å²) >= 11 is 0. The highest BCUT2D eigenvalue weighted by Gasteiger charge is 2.34. The van der Waals surface area contributed by atoms with E-state index >= 15 is 0 Å². The average Bonchev–Trinajstić information content (AvgIpc) is 3.51. The minimum absolute atomic E-state index is 0.00611. The van der Waals surface area contributed by atoms with Gasteiger partial charge < -0.3 is 23.8 Å². The van der Waals surface area contributed by atoms with Gasteiger partial charge in [-0.25, -0.2) is 9.59 Å². The van der Waals surface area contributed by atoms with Crippen LogP contribution in [0.5, 0.6) is 5.75 Å². The van der Waals surface area contributed by atoms with Gasteiger partial charge in [0.25, 0.3) is 5.91 Å². The van der Waals surface area contributed by atoms with E-state index in [-0.39, 0.29) is 30.4 Å². The molecule has 0 aliphatic carbocycles. The maximum Gasteiger partial charge on any atom is 0.373 e. The number of urea groups is 1. The molecule has 1 aromatic carbocycles. The molecule has 35 heavy (non-hydrogen) atoms. The first-order valence-electron chi connectivity index (χ1n) is 10.7. The number of methoxy groups -OCH3 is 1. The molecule has 2 aromatic heterocycles. The Morgan fingerprint density at radius 2 is 1.91 bits per heavy atom. The number of rotatable bonds is 7. The molecule has 0 spiro atoms. The van der Waals surface area contributed by atoms with E-state index in [0.29, 0.717) is 5.75 Å².